The molecule has 0 saturated carbocycles. The Labute approximate surface area is 388 Å². The number of piperazine rings is 1. The van der Waals surface area contributed by atoms with Gasteiger partial charge in [-0.2, -0.15) is 0 Å². The molecule has 5 aromatic rings. The summed E-state index contributed by atoms with van der Waals surface area (Å²) >= 11 is 7.61. The molecule has 0 unspecified atom stereocenters. The van der Waals surface area contributed by atoms with E-state index in [0.29, 0.717) is 35.3 Å². The van der Waals surface area contributed by atoms with Crippen molar-refractivity contribution in [2.24, 2.45) is 5.41 Å². The van der Waals surface area contributed by atoms with E-state index < -0.39 is 20.9 Å². The number of pyridine rings is 1. The molecule has 3 N–H and O–H groups in total. The van der Waals surface area contributed by atoms with Crippen LogP contribution in [0.4, 0.5) is 17.1 Å². The van der Waals surface area contributed by atoms with Crippen LogP contribution in [0.2, 0.25) is 5.02 Å². The van der Waals surface area contributed by atoms with Gasteiger partial charge in [0.15, 0.2) is 0 Å². The number of H-pyrrole nitrogens is 1. The number of hydrogen-bond donors (Lipinski definition) is 3. The third-order valence-electron chi connectivity index (χ3n) is 12.8. The predicted molar refractivity (Wildman–Crippen MR) is 255 cm³/mol. The minimum Gasteiger partial charge on any atom is -0.455 e. The number of rotatable bonds is 13. The number of allylic oxidation sites excluding steroid dienone is 1. The van der Waals surface area contributed by atoms with E-state index in [1.165, 1.54) is 40.7 Å². The van der Waals surface area contributed by atoms with Crippen molar-refractivity contribution in [1.29, 1.82) is 0 Å². The second kappa shape index (κ2) is 19.0. The lowest BCUT2D eigenvalue weighted by atomic mass is 9.72. The Balaban J connectivity index is 0.928. The van der Waals surface area contributed by atoms with Gasteiger partial charge in [-0.1, -0.05) is 43.2 Å². The first-order valence-corrected chi connectivity index (χ1v) is 24.9. The average molecular weight is 942 g/mol. The number of nitro groups is 1. The highest BCUT2D eigenvalue weighted by Crippen LogP contribution is 2.44. The van der Waals surface area contributed by atoms with Crippen LogP contribution < -0.4 is 19.7 Å². The normalized spacial score (nSPS) is 19.4. The predicted octanol–water partition coefficient (Wildman–Crippen LogP) is 8.43. The van der Waals surface area contributed by atoms with Crippen molar-refractivity contribution in [3.05, 3.63) is 111 Å². The van der Waals surface area contributed by atoms with Crippen molar-refractivity contribution in [2.75, 3.05) is 81.5 Å². The van der Waals surface area contributed by atoms with E-state index in [4.69, 9.17) is 21.1 Å². The van der Waals surface area contributed by atoms with Gasteiger partial charge >= 0.3 is 0 Å². The molecule has 4 aliphatic rings. The van der Waals surface area contributed by atoms with Crippen molar-refractivity contribution in [2.45, 2.75) is 55.4 Å². The summed E-state index contributed by atoms with van der Waals surface area (Å²) in [4.78, 5) is 40.4. The highest BCUT2D eigenvalue weighted by atomic mass is 35.5. The van der Waals surface area contributed by atoms with Crippen LogP contribution in [0.1, 0.15) is 55.5 Å². The number of nitro benzene ring substituents is 1. The van der Waals surface area contributed by atoms with E-state index in [1.54, 1.807) is 30.5 Å². The zero-order chi connectivity index (χ0) is 45.3. The summed E-state index contributed by atoms with van der Waals surface area (Å²) in [6.07, 6.45) is 7.26. The number of fused-ring (bicyclic) bond motifs is 2. The monoisotopic (exact) mass is 940 g/mol. The number of aromatic amines is 1. The second-order valence-electron chi connectivity index (χ2n) is 18.0. The quantitative estimate of drug-likeness (QED) is 0.0759. The first-order chi connectivity index (χ1) is 31.3. The van der Waals surface area contributed by atoms with Gasteiger partial charge in [-0.05, 0) is 84.7 Å². The molecule has 2 aromatic heterocycles. The molecule has 15 nitrogen and oxygen atoms in total. The number of nitrogens with one attached hydrogen (secondary N) is 3. The van der Waals surface area contributed by atoms with Gasteiger partial charge in [0.2, 0.25) is 0 Å². The lowest BCUT2D eigenvalue weighted by Crippen LogP contribution is -2.47. The van der Waals surface area contributed by atoms with Gasteiger partial charge in [0.05, 0.1) is 34.8 Å². The topological polar surface area (TPSA) is 175 Å². The van der Waals surface area contributed by atoms with Crippen LogP contribution >= 0.6 is 23.4 Å². The van der Waals surface area contributed by atoms with Gasteiger partial charge in [0.25, 0.3) is 21.6 Å². The molecule has 18 heteroatoms. The fourth-order valence-corrected chi connectivity index (χ4v) is 11.5. The number of benzene rings is 3. The molecular formula is C47H53ClN8O7S2. The molecule has 2 saturated heterocycles. The zero-order valence-corrected chi connectivity index (χ0v) is 38.9. The Morgan fingerprint density at radius 2 is 1.82 bits per heavy atom. The van der Waals surface area contributed by atoms with E-state index in [1.807, 2.05) is 18.2 Å². The summed E-state index contributed by atoms with van der Waals surface area (Å²) in [6, 6.07) is 19.3. The molecule has 1 aliphatic carbocycles. The van der Waals surface area contributed by atoms with Crippen molar-refractivity contribution in [3.8, 4) is 11.5 Å². The number of nitrogens with zero attached hydrogens (tertiary/aromatic N) is 5. The number of aromatic nitrogens is 2. The van der Waals surface area contributed by atoms with Crippen molar-refractivity contribution >= 4 is 73.0 Å². The number of halogens is 1. The highest BCUT2D eigenvalue weighted by molar-refractivity contribution is 7.99. The Hall–Kier alpha value is -5.17. The molecule has 5 heterocycles. The van der Waals surface area contributed by atoms with Crippen LogP contribution in [0.25, 0.3) is 16.6 Å². The van der Waals surface area contributed by atoms with Crippen LogP contribution in [0.3, 0.4) is 0 Å². The number of carbonyl (C=O) groups is 1. The number of amides is 1. The fourth-order valence-electron chi connectivity index (χ4n) is 9.11. The Bertz CT molecular complexity index is 2730. The molecule has 0 radical (unpaired) electrons. The molecule has 1 amide bonds. The molecule has 3 aromatic carbocycles. The summed E-state index contributed by atoms with van der Waals surface area (Å²) in [6.45, 7) is 12.5. The van der Waals surface area contributed by atoms with E-state index in [9.17, 15) is 23.3 Å². The number of ether oxygens (including phenoxy) is 2. The van der Waals surface area contributed by atoms with Crippen LogP contribution in [-0.2, 0) is 14.8 Å². The number of sulfonamides is 1. The number of carbonyl (C=O) groups excluding carboxylic acids is 1. The summed E-state index contributed by atoms with van der Waals surface area (Å²) in [5.74, 6) is 0.144. The highest BCUT2D eigenvalue weighted by Gasteiger charge is 2.33. The Morgan fingerprint density at radius 1 is 1.03 bits per heavy atom. The summed E-state index contributed by atoms with van der Waals surface area (Å²) in [7, 11) is -4.59. The third kappa shape index (κ3) is 10.5. The molecule has 0 spiro atoms. The average Bonchev–Trinajstić information content (AvgIpc) is 3.77. The van der Waals surface area contributed by atoms with Crippen LogP contribution in [-0.4, -0.2) is 116 Å². The molecule has 342 valence electrons. The van der Waals surface area contributed by atoms with Gasteiger partial charge < -0.3 is 24.7 Å². The molecule has 1 atom stereocenters. The zero-order valence-electron chi connectivity index (χ0n) is 36.5. The van der Waals surface area contributed by atoms with Crippen LogP contribution in [0.15, 0.2) is 94.5 Å². The minimum atomic E-state index is -4.59. The second-order valence-corrected chi connectivity index (χ2v) is 21.1. The van der Waals surface area contributed by atoms with Crippen LogP contribution in [0, 0.1) is 15.5 Å². The standard InChI is InChI=1S/C47H53ClN8O7S2/c1-47(2)12-9-33(40(27-47)31-3-5-34(48)6-4-31)29-54-15-17-55(18-16-54)36-7-8-39(42(24-36)63-37-23-32-10-13-49-45(32)50-28-37)46(57)52-65(60,61)38-25-41(56(58)59)44-43(26-38)64-30-35(51-44)11-14-53-19-21-62-22-20-53/h3-8,10,13,23-26,28,35,51H,9,11-12,14-22,27,29-30H2,1-2H3,(H,49,50)(H,52,57)/t35-/m1/s1. The Morgan fingerprint density at radius 3 is 2.58 bits per heavy atom. The smallest absolute Gasteiger partial charge is 0.294 e. The van der Waals surface area contributed by atoms with Gasteiger partial charge in [-0.3, -0.25) is 24.7 Å². The Kier molecular flexibility index (Phi) is 13.1. The van der Waals surface area contributed by atoms with Crippen molar-refractivity contribution in [3.63, 3.8) is 0 Å². The van der Waals surface area contributed by atoms with Crippen molar-refractivity contribution < 1.29 is 27.6 Å². The van der Waals surface area contributed by atoms with Gasteiger partial charge in [0.1, 0.15) is 22.8 Å². The van der Waals surface area contributed by atoms with E-state index in [2.05, 4.69) is 60.7 Å². The number of thioether (sulfide) groups is 1. The molecular weight excluding hydrogens is 888 g/mol. The summed E-state index contributed by atoms with van der Waals surface area (Å²) in [5.41, 5.74) is 5.69. The molecule has 9 rings (SSSR count). The lowest BCUT2D eigenvalue weighted by molar-refractivity contribution is -0.384. The number of hydrogen-bond acceptors (Lipinski definition) is 13. The first kappa shape index (κ1) is 45.0. The number of morpholine rings is 1. The maximum atomic E-state index is 14.1. The fraction of sp³-hybridized carbons (Fsp3) is 0.404. The van der Waals surface area contributed by atoms with Crippen LogP contribution in [0.5, 0.6) is 11.5 Å². The van der Waals surface area contributed by atoms with Gasteiger partial charge in [0, 0.05) is 103 Å². The minimum absolute atomic E-state index is 0.0290. The van der Waals surface area contributed by atoms with E-state index >= 15 is 0 Å². The van der Waals surface area contributed by atoms with E-state index in [-0.39, 0.29) is 39.0 Å². The van der Waals surface area contributed by atoms with Gasteiger partial charge in [-0.25, -0.2) is 18.1 Å². The largest absolute Gasteiger partial charge is 0.455 e. The van der Waals surface area contributed by atoms with Crippen molar-refractivity contribution in [1.82, 2.24) is 24.5 Å². The lowest BCUT2D eigenvalue weighted by Gasteiger charge is -2.39. The molecule has 0 bridgehead atoms. The maximum Gasteiger partial charge on any atom is 0.294 e. The molecule has 65 heavy (non-hydrogen) atoms. The van der Waals surface area contributed by atoms with E-state index in [0.717, 1.165) is 100 Å². The third-order valence-corrected chi connectivity index (χ3v) is 15.6. The van der Waals surface area contributed by atoms with Gasteiger partial charge in [-0.15, -0.1) is 11.8 Å². The molecule has 2 fully saturated rings. The summed E-state index contributed by atoms with van der Waals surface area (Å²) in [5, 5.41) is 17.2. The molecule has 3 aliphatic heterocycles. The first-order valence-electron chi connectivity index (χ1n) is 22.1. The summed E-state index contributed by atoms with van der Waals surface area (Å²) < 4.78 is 41.9. The SMILES string of the molecule is CC1(C)CCC(CN2CCN(c3ccc(C(=O)NS(=O)(=O)c4cc5c(c([N+](=O)[O-])c4)N[C@H](CCN4CCOCC4)CS5)c(Oc4cnc5[nH]ccc5c4)c3)CC2)=C(c2ccc(Cl)cc2)C1. The number of anilines is 2. The maximum absolute atomic E-state index is 14.1.